The molecule has 0 aliphatic carbocycles. The summed E-state index contributed by atoms with van der Waals surface area (Å²) < 4.78 is 32.6. The summed E-state index contributed by atoms with van der Waals surface area (Å²) in [5, 5.41) is 6.71. The molecule has 0 atom stereocenters. The Kier molecular flexibility index (Phi) is 4.90. The number of furan rings is 1. The van der Waals surface area contributed by atoms with Crippen molar-refractivity contribution in [1.29, 1.82) is 0 Å². The van der Waals surface area contributed by atoms with Gasteiger partial charge in [-0.25, -0.2) is 8.42 Å². The lowest BCUT2D eigenvalue weighted by Crippen LogP contribution is -2.21. The first-order chi connectivity index (χ1) is 9.38. The molecule has 0 bridgehead atoms. The number of rotatable bonds is 6. The third-order valence-electron chi connectivity index (χ3n) is 2.45. The highest BCUT2D eigenvalue weighted by Crippen LogP contribution is 2.28. The SMILES string of the molecule is CC(C)NCc1cc(S(=O)(=O)Nc2ccsc2)c(Br)o1. The summed E-state index contributed by atoms with van der Waals surface area (Å²) in [6.45, 7) is 4.49. The van der Waals surface area contributed by atoms with Gasteiger partial charge in [0.1, 0.15) is 10.7 Å². The van der Waals surface area contributed by atoms with Gasteiger partial charge in [-0.15, -0.1) is 0 Å². The minimum Gasteiger partial charge on any atom is -0.451 e. The van der Waals surface area contributed by atoms with E-state index in [-0.39, 0.29) is 9.56 Å². The van der Waals surface area contributed by atoms with Gasteiger partial charge in [-0.05, 0) is 27.4 Å². The van der Waals surface area contributed by atoms with E-state index in [1.807, 2.05) is 13.8 Å². The van der Waals surface area contributed by atoms with Gasteiger partial charge in [0, 0.05) is 17.5 Å². The Hall–Kier alpha value is -0.830. The summed E-state index contributed by atoms with van der Waals surface area (Å²) in [5.41, 5.74) is 0.546. The number of hydrogen-bond acceptors (Lipinski definition) is 5. The maximum absolute atomic E-state index is 12.3. The van der Waals surface area contributed by atoms with Crippen molar-refractivity contribution in [1.82, 2.24) is 5.32 Å². The van der Waals surface area contributed by atoms with Crippen molar-refractivity contribution < 1.29 is 12.8 Å². The number of sulfonamides is 1. The van der Waals surface area contributed by atoms with E-state index < -0.39 is 10.0 Å². The first-order valence-corrected chi connectivity index (χ1v) is 9.17. The number of nitrogens with one attached hydrogen (secondary N) is 2. The molecule has 0 fully saturated rings. The van der Waals surface area contributed by atoms with E-state index in [2.05, 4.69) is 26.0 Å². The standard InChI is InChI=1S/C12H15BrN2O3S2/c1-8(2)14-6-10-5-11(12(13)18-10)20(16,17)15-9-3-4-19-7-9/h3-5,7-8,14-15H,6H2,1-2H3. The van der Waals surface area contributed by atoms with E-state index in [4.69, 9.17) is 4.42 Å². The molecule has 2 N–H and O–H groups in total. The quantitative estimate of drug-likeness (QED) is 0.807. The van der Waals surface area contributed by atoms with Crippen LogP contribution >= 0.6 is 27.3 Å². The second-order valence-electron chi connectivity index (χ2n) is 4.50. The highest BCUT2D eigenvalue weighted by atomic mass is 79.9. The molecule has 0 spiro atoms. The monoisotopic (exact) mass is 378 g/mol. The Morgan fingerprint density at radius 2 is 2.20 bits per heavy atom. The van der Waals surface area contributed by atoms with Crippen molar-refractivity contribution in [2.75, 3.05) is 4.72 Å². The molecule has 2 rings (SSSR count). The second-order valence-corrected chi connectivity index (χ2v) is 7.65. The van der Waals surface area contributed by atoms with Crippen molar-refractivity contribution in [3.05, 3.63) is 33.3 Å². The largest absolute Gasteiger partial charge is 0.451 e. The zero-order chi connectivity index (χ0) is 14.8. The molecule has 5 nitrogen and oxygen atoms in total. The number of anilines is 1. The molecule has 0 aliphatic heterocycles. The Balaban J connectivity index is 2.19. The summed E-state index contributed by atoms with van der Waals surface area (Å²) >= 11 is 4.58. The average Bonchev–Trinajstić information content (AvgIpc) is 2.95. The summed E-state index contributed by atoms with van der Waals surface area (Å²) in [6, 6.07) is 3.52. The van der Waals surface area contributed by atoms with Gasteiger partial charge in [-0.1, -0.05) is 13.8 Å². The van der Waals surface area contributed by atoms with Gasteiger partial charge in [0.2, 0.25) is 0 Å². The van der Waals surface area contributed by atoms with Crippen LogP contribution in [0.25, 0.3) is 0 Å². The van der Waals surface area contributed by atoms with Crippen LogP contribution < -0.4 is 10.0 Å². The van der Waals surface area contributed by atoms with Crippen molar-refractivity contribution in [3.8, 4) is 0 Å². The Bertz CT molecular complexity index is 663. The third kappa shape index (κ3) is 3.85. The van der Waals surface area contributed by atoms with Gasteiger partial charge in [0.25, 0.3) is 10.0 Å². The summed E-state index contributed by atoms with van der Waals surface area (Å²) in [7, 11) is -3.64. The molecule has 2 aromatic heterocycles. The minimum atomic E-state index is -3.64. The lowest BCUT2D eigenvalue weighted by Gasteiger charge is -2.04. The highest BCUT2D eigenvalue weighted by molar-refractivity contribution is 9.10. The predicted molar refractivity (Wildman–Crippen MR) is 83.5 cm³/mol. The summed E-state index contributed by atoms with van der Waals surface area (Å²) in [6.07, 6.45) is 0. The third-order valence-corrected chi connectivity index (χ3v) is 5.38. The van der Waals surface area contributed by atoms with Gasteiger partial charge in [0.05, 0.1) is 12.2 Å². The molecule has 0 saturated heterocycles. The molecule has 110 valence electrons. The summed E-state index contributed by atoms with van der Waals surface area (Å²) in [4.78, 5) is 0.101. The predicted octanol–water partition coefficient (Wildman–Crippen LogP) is 3.40. The normalized spacial score (nSPS) is 12.0. The van der Waals surface area contributed by atoms with Crippen LogP contribution in [-0.2, 0) is 16.6 Å². The van der Waals surface area contributed by atoms with E-state index >= 15 is 0 Å². The molecule has 2 heterocycles. The molecular weight excluding hydrogens is 364 g/mol. The van der Waals surface area contributed by atoms with Crippen LogP contribution in [0.15, 0.2) is 36.9 Å². The number of hydrogen-bond donors (Lipinski definition) is 2. The molecule has 0 saturated carbocycles. The lowest BCUT2D eigenvalue weighted by molar-refractivity contribution is 0.447. The molecular formula is C12H15BrN2O3S2. The highest BCUT2D eigenvalue weighted by Gasteiger charge is 2.22. The van der Waals surface area contributed by atoms with Crippen LogP contribution in [0, 0.1) is 0 Å². The van der Waals surface area contributed by atoms with E-state index in [1.165, 1.54) is 17.4 Å². The van der Waals surface area contributed by atoms with Crippen LogP contribution in [0.4, 0.5) is 5.69 Å². The topological polar surface area (TPSA) is 71.3 Å². The molecule has 8 heteroatoms. The van der Waals surface area contributed by atoms with Gasteiger partial charge in [0.15, 0.2) is 4.67 Å². The van der Waals surface area contributed by atoms with Crippen LogP contribution in [-0.4, -0.2) is 14.5 Å². The first-order valence-electron chi connectivity index (χ1n) is 5.95. The van der Waals surface area contributed by atoms with Gasteiger partial charge in [-0.3, -0.25) is 4.72 Å². The minimum absolute atomic E-state index is 0.101. The van der Waals surface area contributed by atoms with E-state index in [9.17, 15) is 8.42 Å². The molecule has 20 heavy (non-hydrogen) atoms. The smallest absolute Gasteiger partial charge is 0.266 e. The van der Waals surface area contributed by atoms with Crippen LogP contribution in [0.2, 0.25) is 0 Å². The van der Waals surface area contributed by atoms with Crippen molar-refractivity contribution in [3.63, 3.8) is 0 Å². The van der Waals surface area contributed by atoms with Crippen LogP contribution in [0.1, 0.15) is 19.6 Å². The number of thiophene rings is 1. The van der Waals surface area contributed by atoms with Gasteiger partial charge >= 0.3 is 0 Å². The van der Waals surface area contributed by atoms with Crippen LogP contribution in [0.5, 0.6) is 0 Å². The molecule has 0 radical (unpaired) electrons. The Labute approximate surface area is 130 Å². The van der Waals surface area contributed by atoms with Gasteiger partial charge < -0.3 is 9.73 Å². The summed E-state index contributed by atoms with van der Waals surface area (Å²) in [5.74, 6) is 0.566. The zero-order valence-electron chi connectivity index (χ0n) is 11.0. The Morgan fingerprint density at radius 3 is 2.80 bits per heavy atom. The van der Waals surface area contributed by atoms with Gasteiger partial charge in [-0.2, -0.15) is 11.3 Å². The maximum Gasteiger partial charge on any atom is 0.266 e. The Morgan fingerprint density at radius 1 is 1.45 bits per heavy atom. The molecule has 0 amide bonds. The van der Waals surface area contributed by atoms with E-state index in [1.54, 1.807) is 16.8 Å². The lowest BCUT2D eigenvalue weighted by atomic mass is 10.3. The van der Waals surface area contributed by atoms with Crippen molar-refractivity contribution in [2.24, 2.45) is 0 Å². The average molecular weight is 379 g/mol. The molecule has 0 unspecified atom stereocenters. The van der Waals surface area contributed by atoms with E-state index in [0.29, 0.717) is 24.0 Å². The fourth-order valence-electron chi connectivity index (χ4n) is 1.51. The number of halogens is 1. The van der Waals surface area contributed by atoms with Crippen molar-refractivity contribution >= 4 is 43.0 Å². The first kappa shape index (κ1) is 15.6. The molecule has 0 aromatic carbocycles. The van der Waals surface area contributed by atoms with Crippen molar-refractivity contribution in [2.45, 2.75) is 31.3 Å². The molecule has 0 aliphatic rings. The van der Waals surface area contributed by atoms with E-state index in [0.717, 1.165) is 0 Å². The second kappa shape index (κ2) is 6.30. The fraction of sp³-hybridized carbons (Fsp3) is 0.333. The maximum atomic E-state index is 12.3. The molecule has 2 aromatic rings. The van der Waals surface area contributed by atoms with Crippen LogP contribution in [0.3, 0.4) is 0 Å². The fourth-order valence-corrected chi connectivity index (χ4v) is 4.22. The zero-order valence-corrected chi connectivity index (χ0v) is 14.2.